The number of carbonyl (C=O) groups excluding carboxylic acids is 1. The lowest BCUT2D eigenvalue weighted by Gasteiger charge is -2.33. The number of amides is 1. The van der Waals surface area contributed by atoms with Crippen molar-refractivity contribution in [1.82, 2.24) is 15.6 Å². The van der Waals surface area contributed by atoms with Crippen LogP contribution in [0.1, 0.15) is 52.0 Å². The lowest BCUT2D eigenvalue weighted by atomic mass is 9.97. The summed E-state index contributed by atoms with van der Waals surface area (Å²) in [6.45, 7) is 10.4. The molecular weight excluding hydrogens is 479 g/mol. The van der Waals surface area contributed by atoms with Crippen LogP contribution in [0.25, 0.3) is 0 Å². The summed E-state index contributed by atoms with van der Waals surface area (Å²) in [5, 5.41) is 6.72. The van der Waals surface area contributed by atoms with Gasteiger partial charge in [-0.25, -0.2) is 9.98 Å². The number of carbonyl (C=O) groups is 1. The van der Waals surface area contributed by atoms with Gasteiger partial charge in [0, 0.05) is 37.9 Å². The van der Waals surface area contributed by atoms with E-state index in [1.807, 2.05) is 6.07 Å². The highest BCUT2D eigenvalue weighted by Crippen LogP contribution is 2.24. The number of aliphatic imine (C=N–C) groups is 1. The number of anilines is 1. The summed E-state index contributed by atoms with van der Waals surface area (Å²) in [5.41, 5.74) is 6.59. The normalized spacial score (nSPS) is 17.0. The molecule has 1 aromatic rings. The fourth-order valence-corrected chi connectivity index (χ4v) is 3.46. The van der Waals surface area contributed by atoms with E-state index < -0.39 is 0 Å². The summed E-state index contributed by atoms with van der Waals surface area (Å²) >= 11 is 0. The Balaban J connectivity index is 0.00000420. The van der Waals surface area contributed by atoms with Crippen LogP contribution < -0.4 is 21.3 Å². The standard InChI is InChI=1S/C21H36N6O.HI/c1-4-23-21(25-12-5-8-16(2)3)26-14-17-9-6-11-24-20(17)27-13-7-10-18(15-27)19(22)28;/h6,9,11,16,18H,4-5,7-8,10,12-15H2,1-3H3,(H2,22,28)(H2,23,25,26);1H. The van der Waals surface area contributed by atoms with Crippen molar-refractivity contribution in [2.45, 2.75) is 53.0 Å². The minimum Gasteiger partial charge on any atom is -0.369 e. The van der Waals surface area contributed by atoms with E-state index in [-0.39, 0.29) is 35.8 Å². The van der Waals surface area contributed by atoms with Gasteiger partial charge < -0.3 is 21.3 Å². The van der Waals surface area contributed by atoms with Gasteiger partial charge in [0.2, 0.25) is 5.91 Å². The number of nitrogens with two attached hydrogens (primary N) is 1. The predicted molar refractivity (Wildman–Crippen MR) is 131 cm³/mol. The second-order valence-corrected chi connectivity index (χ2v) is 7.83. The topological polar surface area (TPSA) is 95.6 Å². The summed E-state index contributed by atoms with van der Waals surface area (Å²) in [6.07, 6.45) is 5.94. The number of piperidine rings is 1. The van der Waals surface area contributed by atoms with Gasteiger partial charge in [-0.05, 0) is 44.6 Å². The van der Waals surface area contributed by atoms with Crippen molar-refractivity contribution in [3.63, 3.8) is 0 Å². The molecule has 1 aliphatic heterocycles. The second kappa shape index (κ2) is 13.6. The molecule has 0 aromatic carbocycles. The molecule has 1 aromatic heterocycles. The van der Waals surface area contributed by atoms with Crippen molar-refractivity contribution >= 4 is 41.7 Å². The molecule has 1 unspecified atom stereocenters. The maximum Gasteiger partial charge on any atom is 0.222 e. The van der Waals surface area contributed by atoms with Gasteiger partial charge in [-0.3, -0.25) is 4.79 Å². The maximum atomic E-state index is 11.6. The first-order valence-corrected chi connectivity index (χ1v) is 10.5. The molecule has 1 aliphatic rings. The SMILES string of the molecule is CCNC(=NCc1cccnc1N1CCCC(C(N)=O)C1)NCCCC(C)C.I. The Bertz CT molecular complexity index is 652. The van der Waals surface area contributed by atoms with Crippen LogP contribution in [0, 0.1) is 11.8 Å². The number of rotatable bonds is 9. The summed E-state index contributed by atoms with van der Waals surface area (Å²) in [6, 6.07) is 3.99. The highest BCUT2D eigenvalue weighted by atomic mass is 127. The van der Waals surface area contributed by atoms with E-state index >= 15 is 0 Å². The maximum absolute atomic E-state index is 11.6. The predicted octanol–water partition coefficient (Wildman–Crippen LogP) is 2.89. The molecule has 1 atom stereocenters. The first-order valence-electron chi connectivity index (χ1n) is 10.5. The first kappa shape index (κ1) is 25.5. The van der Waals surface area contributed by atoms with Crippen LogP contribution in [0.15, 0.2) is 23.3 Å². The largest absolute Gasteiger partial charge is 0.369 e. The van der Waals surface area contributed by atoms with Crippen LogP contribution in [0.5, 0.6) is 0 Å². The highest BCUT2D eigenvalue weighted by molar-refractivity contribution is 14.0. The van der Waals surface area contributed by atoms with Gasteiger partial charge in [-0.1, -0.05) is 19.9 Å². The number of halogens is 1. The molecular formula is C21H37IN6O. The number of nitrogens with one attached hydrogen (secondary N) is 2. The second-order valence-electron chi connectivity index (χ2n) is 7.83. The minimum absolute atomic E-state index is 0. The number of nitrogens with zero attached hydrogens (tertiary/aromatic N) is 3. The molecule has 29 heavy (non-hydrogen) atoms. The zero-order valence-corrected chi connectivity index (χ0v) is 20.3. The monoisotopic (exact) mass is 516 g/mol. The van der Waals surface area contributed by atoms with E-state index in [1.54, 1.807) is 6.20 Å². The van der Waals surface area contributed by atoms with Crippen molar-refractivity contribution in [2.75, 3.05) is 31.1 Å². The fourth-order valence-electron chi connectivity index (χ4n) is 3.46. The van der Waals surface area contributed by atoms with Crippen LogP contribution in [-0.4, -0.2) is 43.0 Å². The quantitative estimate of drug-likeness (QED) is 0.203. The summed E-state index contributed by atoms with van der Waals surface area (Å²) in [4.78, 5) is 23.1. The molecule has 1 fully saturated rings. The molecule has 0 radical (unpaired) electrons. The van der Waals surface area contributed by atoms with E-state index in [1.165, 1.54) is 6.42 Å². The fraction of sp³-hybridized carbons (Fsp3) is 0.667. The third kappa shape index (κ3) is 8.76. The molecule has 2 heterocycles. The van der Waals surface area contributed by atoms with Crippen LogP contribution in [0.2, 0.25) is 0 Å². The lowest BCUT2D eigenvalue weighted by Crippen LogP contribution is -2.42. The molecule has 7 nitrogen and oxygen atoms in total. The van der Waals surface area contributed by atoms with Gasteiger partial charge in [0.1, 0.15) is 5.82 Å². The van der Waals surface area contributed by atoms with Gasteiger partial charge in [0.25, 0.3) is 0 Å². The third-order valence-corrected chi connectivity index (χ3v) is 4.99. The Labute approximate surface area is 192 Å². The Morgan fingerprint density at radius 1 is 1.41 bits per heavy atom. The van der Waals surface area contributed by atoms with Crippen molar-refractivity contribution < 1.29 is 4.79 Å². The Morgan fingerprint density at radius 3 is 2.90 bits per heavy atom. The molecule has 164 valence electrons. The average Bonchev–Trinajstić information content (AvgIpc) is 2.69. The van der Waals surface area contributed by atoms with Crippen LogP contribution in [0.3, 0.4) is 0 Å². The zero-order chi connectivity index (χ0) is 20.4. The molecule has 2 rings (SSSR count). The summed E-state index contributed by atoms with van der Waals surface area (Å²) in [7, 11) is 0. The van der Waals surface area contributed by atoms with Crippen molar-refractivity contribution in [3.05, 3.63) is 23.9 Å². The van der Waals surface area contributed by atoms with Crippen LogP contribution >= 0.6 is 24.0 Å². The van der Waals surface area contributed by atoms with Gasteiger partial charge in [0.15, 0.2) is 5.96 Å². The zero-order valence-electron chi connectivity index (χ0n) is 18.0. The number of guanidine groups is 1. The lowest BCUT2D eigenvalue weighted by molar-refractivity contribution is -0.122. The molecule has 1 saturated heterocycles. The van der Waals surface area contributed by atoms with Crippen molar-refractivity contribution in [3.8, 4) is 0 Å². The van der Waals surface area contributed by atoms with E-state index in [9.17, 15) is 4.79 Å². The number of primary amides is 1. The summed E-state index contributed by atoms with van der Waals surface area (Å²) in [5.74, 6) is 2.13. The number of hydrogen-bond acceptors (Lipinski definition) is 4. The Hall–Kier alpha value is -1.58. The van der Waals surface area contributed by atoms with Gasteiger partial charge in [-0.2, -0.15) is 0 Å². The minimum atomic E-state index is -0.222. The van der Waals surface area contributed by atoms with E-state index in [0.29, 0.717) is 19.0 Å². The molecule has 0 saturated carbocycles. The smallest absolute Gasteiger partial charge is 0.222 e. The Morgan fingerprint density at radius 2 is 2.21 bits per heavy atom. The Kier molecular flexibility index (Phi) is 11.9. The van der Waals surface area contributed by atoms with E-state index in [4.69, 9.17) is 10.7 Å². The number of pyridine rings is 1. The van der Waals surface area contributed by atoms with Gasteiger partial charge in [-0.15, -0.1) is 24.0 Å². The molecule has 1 amide bonds. The van der Waals surface area contributed by atoms with E-state index in [2.05, 4.69) is 47.4 Å². The van der Waals surface area contributed by atoms with E-state index in [0.717, 1.165) is 56.2 Å². The van der Waals surface area contributed by atoms with Crippen LogP contribution in [0.4, 0.5) is 5.82 Å². The van der Waals surface area contributed by atoms with Crippen molar-refractivity contribution in [2.24, 2.45) is 22.6 Å². The van der Waals surface area contributed by atoms with Crippen LogP contribution in [-0.2, 0) is 11.3 Å². The molecule has 0 bridgehead atoms. The molecule has 0 aliphatic carbocycles. The first-order chi connectivity index (χ1) is 13.5. The average molecular weight is 516 g/mol. The third-order valence-electron chi connectivity index (χ3n) is 4.99. The summed E-state index contributed by atoms with van der Waals surface area (Å²) < 4.78 is 0. The molecule has 4 N–H and O–H groups in total. The van der Waals surface area contributed by atoms with Gasteiger partial charge >= 0.3 is 0 Å². The number of hydrogen-bond donors (Lipinski definition) is 3. The molecule has 8 heteroatoms. The number of aromatic nitrogens is 1. The highest BCUT2D eigenvalue weighted by Gasteiger charge is 2.25. The molecule has 0 spiro atoms. The van der Waals surface area contributed by atoms with Crippen molar-refractivity contribution in [1.29, 1.82) is 0 Å². The van der Waals surface area contributed by atoms with Gasteiger partial charge in [0.05, 0.1) is 12.5 Å².